The van der Waals surface area contributed by atoms with Gasteiger partial charge in [0.2, 0.25) is 0 Å². The largest absolute Gasteiger partial charge is 0.455 e. The Labute approximate surface area is 136 Å². The zero-order valence-electron chi connectivity index (χ0n) is 11.3. The Kier molecular flexibility index (Phi) is 4.27. The molecule has 0 radical (unpaired) electrons. The summed E-state index contributed by atoms with van der Waals surface area (Å²) >= 11 is 11.8. The number of aliphatic imine (C=N–C) groups is 1. The molecule has 0 bridgehead atoms. The van der Waals surface area contributed by atoms with Gasteiger partial charge >= 0.3 is 0 Å². The van der Waals surface area contributed by atoms with Crippen molar-refractivity contribution in [2.75, 3.05) is 0 Å². The Hall–Kier alpha value is -2.10. The third kappa shape index (κ3) is 3.38. The molecule has 0 aliphatic rings. The molecule has 0 unspecified atom stereocenters. The lowest BCUT2D eigenvalue weighted by molar-refractivity contribution is 0.573. The standard InChI is InChI=1S/C17H10Cl2FNO/c18-15-6-4-13(9-16(15)19)21-10-14-5-7-17(22-14)11-2-1-3-12(20)8-11/h1-10H. The first-order valence-corrected chi connectivity index (χ1v) is 7.22. The Balaban J connectivity index is 1.82. The van der Waals surface area contributed by atoms with Gasteiger partial charge in [-0.3, -0.25) is 4.99 Å². The second-order valence-corrected chi connectivity index (χ2v) is 5.38. The smallest absolute Gasteiger partial charge is 0.145 e. The average molecular weight is 334 g/mol. The molecule has 2 aromatic carbocycles. The van der Waals surface area contributed by atoms with Crippen LogP contribution in [0.2, 0.25) is 10.0 Å². The van der Waals surface area contributed by atoms with Gasteiger partial charge in [-0.2, -0.15) is 0 Å². The lowest BCUT2D eigenvalue weighted by atomic mass is 10.2. The van der Waals surface area contributed by atoms with E-state index in [0.29, 0.717) is 32.8 Å². The summed E-state index contributed by atoms with van der Waals surface area (Å²) in [6.07, 6.45) is 1.57. The molecule has 0 spiro atoms. The van der Waals surface area contributed by atoms with Crippen LogP contribution in [0.15, 0.2) is 64.0 Å². The van der Waals surface area contributed by atoms with E-state index in [0.717, 1.165) is 0 Å². The predicted molar refractivity (Wildman–Crippen MR) is 87.8 cm³/mol. The maximum atomic E-state index is 13.2. The van der Waals surface area contributed by atoms with Crippen molar-refractivity contribution in [1.29, 1.82) is 0 Å². The summed E-state index contributed by atoms with van der Waals surface area (Å²) in [6.45, 7) is 0. The van der Waals surface area contributed by atoms with Crippen molar-refractivity contribution in [1.82, 2.24) is 0 Å². The fourth-order valence-electron chi connectivity index (χ4n) is 1.92. The van der Waals surface area contributed by atoms with Crippen molar-refractivity contribution in [3.63, 3.8) is 0 Å². The van der Waals surface area contributed by atoms with Gasteiger partial charge in [-0.25, -0.2) is 4.39 Å². The third-order valence-corrected chi connectivity index (χ3v) is 3.72. The van der Waals surface area contributed by atoms with Crippen molar-refractivity contribution >= 4 is 35.1 Å². The van der Waals surface area contributed by atoms with E-state index < -0.39 is 0 Å². The minimum absolute atomic E-state index is 0.306. The van der Waals surface area contributed by atoms with E-state index in [1.807, 2.05) is 0 Å². The minimum atomic E-state index is -0.306. The summed E-state index contributed by atoms with van der Waals surface area (Å²) < 4.78 is 18.8. The predicted octanol–water partition coefficient (Wildman–Crippen LogP) is 6.14. The number of furan rings is 1. The van der Waals surface area contributed by atoms with Gasteiger partial charge in [0, 0.05) is 5.56 Å². The van der Waals surface area contributed by atoms with Crippen LogP contribution < -0.4 is 0 Å². The first-order chi connectivity index (χ1) is 10.6. The number of rotatable bonds is 3. The highest BCUT2D eigenvalue weighted by atomic mass is 35.5. The van der Waals surface area contributed by atoms with Crippen molar-refractivity contribution in [2.45, 2.75) is 0 Å². The maximum Gasteiger partial charge on any atom is 0.145 e. The molecular weight excluding hydrogens is 324 g/mol. The molecule has 1 aromatic heterocycles. The van der Waals surface area contributed by atoms with E-state index in [9.17, 15) is 4.39 Å². The molecular formula is C17H10Cl2FNO. The molecule has 110 valence electrons. The zero-order chi connectivity index (χ0) is 15.5. The van der Waals surface area contributed by atoms with Crippen molar-refractivity contribution < 1.29 is 8.81 Å². The topological polar surface area (TPSA) is 25.5 Å². The van der Waals surface area contributed by atoms with Crippen LogP contribution in [0.5, 0.6) is 0 Å². The second kappa shape index (κ2) is 6.34. The maximum absolute atomic E-state index is 13.2. The molecule has 0 N–H and O–H groups in total. The Morgan fingerprint density at radius 1 is 0.955 bits per heavy atom. The van der Waals surface area contributed by atoms with Crippen LogP contribution in [0, 0.1) is 5.82 Å². The molecule has 0 aliphatic carbocycles. The highest BCUT2D eigenvalue weighted by Crippen LogP contribution is 2.27. The first kappa shape index (κ1) is 14.8. The average Bonchev–Trinajstić information content (AvgIpc) is 2.97. The molecule has 5 heteroatoms. The van der Waals surface area contributed by atoms with Gasteiger partial charge in [0.15, 0.2) is 0 Å². The third-order valence-electron chi connectivity index (χ3n) is 2.98. The fraction of sp³-hybridized carbons (Fsp3) is 0. The summed E-state index contributed by atoms with van der Waals surface area (Å²) in [5, 5.41) is 0.920. The molecule has 3 rings (SSSR count). The first-order valence-electron chi connectivity index (χ1n) is 6.47. The van der Waals surface area contributed by atoms with E-state index in [1.54, 1.807) is 48.7 Å². The number of benzene rings is 2. The summed E-state index contributed by atoms with van der Waals surface area (Å²) in [5.41, 5.74) is 1.34. The number of hydrogen-bond acceptors (Lipinski definition) is 2. The lowest BCUT2D eigenvalue weighted by Gasteiger charge is -1.97. The highest BCUT2D eigenvalue weighted by molar-refractivity contribution is 6.42. The molecule has 0 amide bonds. The van der Waals surface area contributed by atoms with Crippen LogP contribution in [0.3, 0.4) is 0 Å². The monoisotopic (exact) mass is 333 g/mol. The van der Waals surface area contributed by atoms with Gasteiger partial charge in [-0.05, 0) is 42.5 Å². The SMILES string of the molecule is Fc1cccc(-c2ccc(C=Nc3ccc(Cl)c(Cl)c3)o2)c1. The Morgan fingerprint density at radius 3 is 2.59 bits per heavy atom. The minimum Gasteiger partial charge on any atom is -0.455 e. The molecule has 3 aromatic rings. The molecule has 0 fully saturated rings. The summed E-state index contributed by atoms with van der Waals surface area (Å²) in [5.74, 6) is 0.834. The Morgan fingerprint density at radius 2 is 1.82 bits per heavy atom. The van der Waals surface area contributed by atoms with Crippen LogP contribution in [-0.2, 0) is 0 Å². The van der Waals surface area contributed by atoms with Crippen LogP contribution in [0.25, 0.3) is 11.3 Å². The van der Waals surface area contributed by atoms with Crippen LogP contribution >= 0.6 is 23.2 Å². The van der Waals surface area contributed by atoms with Gasteiger partial charge in [-0.15, -0.1) is 0 Å². The van der Waals surface area contributed by atoms with E-state index in [-0.39, 0.29) is 5.82 Å². The normalized spacial score (nSPS) is 11.2. The molecule has 2 nitrogen and oxygen atoms in total. The van der Waals surface area contributed by atoms with Crippen molar-refractivity contribution in [2.24, 2.45) is 4.99 Å². The van der Waals surface area contributed by atoms with Crippen LogP contribution in [0.4, 0.5) is 10.1 Å². The van der Waals surface area contributed by atoms with E-state index in [1.165, 1.54) is 12.1 Å². The number of hydrogen-bond donors (Lipinski definition) is 0. The summed E-state index contributed by atoms with van der Waals surface area (Å²) in [4.78, 5) is 4.27. The highest BCUT2D eigenvalue weighted by Gasteiger charge is 2.04. The molecule has 1 heterocycles. The van der Waals surface area contributed by atoms with Gasteiger partial charge in [0.25, 0.3) is 0 Å². The van der Waals surface area contributed by atoms with E-state index >= 15 is 0 Å². The number of nitrogens with zero attached hydrogens (tertiary/aromatic N) is 1. The lowest BCUT2D eigenvalue weighted by Crippen LogP contribution is -1.77. The summed E-state index contributed by atoms with van der Waals surface area (Å²) in [6, 6.07) is 14.8. The summed E-state index contributed by atoms with van der Waals surface area (Å²) in [7, 11) is 0. The van der Waals surface area contributed by atoms with E-state index in [4.69, 9.17) is 27.6 Å². The van der Waals surface area contributed by atoms with Crippen molar-refractivity contribution in [3.8, 4) is 11.3 Å². The van der Waals surface area contributed by atoms with Crippen LogP contribution in [0.1, 0.15) is 5.76 Å². The number of halogens is 3. The zero-order valence-corrected chi connectivity index (χ0v) is 12.8. The fourth-order valence-corrected chi connectivity index (χ4v) is 2.21. The molecule has 0 aliphatic heterocycles. The Bertz CT molecular complexity index is 842. The van der Waals surface area contributed by atoms with Gasteiger partial charge in [0.1, 0.15) is 17.3 Å². The van der Waals surface area contributed by atoms with Gasteiger partial charge in [0.05, 0.1) is 21.9 Å². The van der Waals surface area contributed by atoms with Crippen LogP contribution in [-0.4, -0.2) is 6.21 Å². The molecule has 0 saturated carbocycles. The van der Waals surface area contributed by atoms with Crippen molar-refractivity contribution in [3.05, 3.63) is 76.2 Å². The molecule has 22 heavy (non-hydrogen) atoms. The van der Waals surface area contributed by atoms with E-state index in [2.05, 4.69) is 4.99 Å². The molecule has 0 atom stereocenters. The second-order valence-electron chi connectivity index (χ2n) is 4.57. The quantitative estimate of drug-likeness (QED) is 0.528. The van der Waals surface area contributed by atoms with Gasteiger partial charge in [-0.1, -0.05) is 35.3 Å². The molecule has 0 saturated heterocycles. The van der Waals surface area contributed by atoms with Gasteiger partial charge < -0.3 is 4.42 Å².